The Kier molecular flexibility index (Phi) is 5.09. The lowest BCUT2D eigenvalue weighted by molar-refractivity contribution is -0.385. The average molecular weight is 429 g/mol. The number of alkyl halides is 3. The highest BCUT2D eigenvalue weighted by Crippen LogP contribution is 2.48. The molecule has 2 amide bonds. The van der Waals surface area contributed by atoms with Crippen molar-refractivity contribution in [3.05, 3.63) is 62.3 Å². The number of carbonyl (C=O) groups is 2. The molecule has 1 fully saturated rings. The van der Waals surface area contributed by atoms with Crippen molar-refractivity contribution in [2.75, 3.05) is 7.05 Å². The second-order valence-corrected chi connectivity index (χ2v) is 7.33. The van der Waals surface area contributed by atoms with Crippen molar-refractivity contribution in [2.45, 2.75) is 17.9 Å². The average Bonchev–Trinajstić information content (AvgIpc) is 3.19. The first-order chi connectivity index (χ1) is 13.5. The Balaban J connectivity index is 2.22. The highest BCUT2D eigenvalue weighted by molar-refractivity contribution is 7.12. The molecule has 1 saturated heterocycles. The minimum absolute atomic E-state index is 0.0248. The van der Waals surface area contributed by atoms with Crippen molar-refractivity contribution >= 4 is 28.8 Å². The summed E-state index contributed by atoms with van der Waals surface area (Å²) in [5, 5.41) is 25.5. The molecule has 1 aromatic heterocycles. The summed E-state index contributed by atoms with van der Waals surface area (Å²) in [6.45, 7) is 0. The molecule has 3 atom stereocenters. The zero-order valence-corrected chi connectivity index (χ0v) is 15.5. The molecular weight excluding hydrogens is 415 g/mol. The van der Waals surface area contributed by atoms with Gasteiger partial charge in [-0.15, -0.1) is 11.3 Å². The van der Waals surface area contributed by atoms with Crippen LogP contribution in [0.3, 0.4) is 0 Å². The number of hydrogen-bond donors (Lipinski definition) is 2. The quantitative estimate of drug-likeness (QED) is 0.441. The number of amides is 2. The zero-order valence-electron chi connectivity index (χ0n) is 14.7. The number of nitro groups is 1. The second-order valence-electron chi connectivity index (χ2n) is 6.38. The molecule has 1 aliphatic heterocycles. The van der Waals surface area contributed by atoms with Crippen molar-refractivity contribution in [1.82, 2.24) is 10.2 Å². The Morgan fingerprint density at radius 2 is 2.03 bits per heavy atom. The summed E-state index contributed by atoms with van der Waals surface area (Å²) in [5.74, 6) is -3.26. The van der Waals surface area contributed by atoms with E-state index >= 15 is 0 Å². The highest BCUT2D eigenvalue weighted by Gasteiger charge is 2.69. The van der Waals surface area contributed by atoms with Gasteiger partial charge in [0.15, 0.2) is 5.78 Å². The van der Waals surface area contributed by atoms with Gasteiger partial charge in [-0.05, 0) is 17.0 Å². The summed E-state index contributed by atoms with van der Waals surface area (Å²) in [6, 6.07) is 4.36. The Hall–Kier alpha value is -2.99. The van der Waals surface area contributed by atoms with E-state index < -0.39 is 46.3 Å². The number of hydrogen-bond acceptors (Lipinski definition) is 6. The number of Topliss-reactive ketones (excluding diaryl/α,β-unsaturated/α-hetero) is 1. The number of nitrogens with zero attached hydrogens (tertiary/aromatic N) is 2. The number of nitrogens with one attached hydrogen (secondary N) is 1. The molecule has 0 unspecified atom stereocenters. The Bertz CT molecular complexity index is 965. The fourth-order valence-corrected chi connectivity index (χ4v) is 3.99. The lowest BCUT2D eigenvalue weighted by Gasteiger charge is -2.49. The van der Waals surface area contributed by atoms with Gasteiger partial charge in [-0.2, -0.15) is 13.2 Å². The van der Waals surface area contributed by atoms with Crippen LogP contribution in [0.1, 0.15) is 21.3 Å². The van der Waals surface area contributed by atoms with E-state index in [2.05, 4.69) is 5.32 Å². The van der Waals surface area contributed by atoms with E-state index in [1.165, 1.54) is 29.6 Å². The lowest BCUT2D eigenvalue weighted by Crippen LogP contribution is -2.72. The van der Waals surface area contributed by atoms with Crippen LogP contribution in [0, 0.1) is 16.0 Å². The van der Waals surface area contributed by atoms with Crippen molar-refractivity contribution in [3.8, 4) is 0 Å². The van der Waals surface area contributed by atoms with Crippen LogP contribution in [-0.2, 0) is 0 Å². The molecule has 0 radical (unpaired) electrons. The molecule has 1 aliphatic rings. The summed E-state index contributed by atoms with van der Waals surface area (Å²) in [5.41, 5.74) is -4.38. The van der Waals surface area contributed by atoms with Gasteiger partial charge < -0.3 is 10.4 Å². The third-order valence-electron chi connectivity index (χ3n) is 4.77. The largest absolute Gasteiger partial charge is 0.437 e. The number of aliphatic hydroxyl groups is 1. The molecule has 0 bridgehead atoms. The van der Waals surface area contributed by atoms with Crippen LogP contribution in [0.4, 0.5) is 23.7 Å². The molecular formula is C17H14F3N3O5S. The summed E-state index contributed by atoms with van der Waals surface area (Å²) in [6.07, 6.45) is -5.38. The predicted octanol–water partition coefficient (Wildman–Crippen LogP) is 3.10. The van der Waals surface area contributed by atoms with Gasteiger partial charge in [0.05, 0.1) is 15.8 Å². The van der Waals surface area contributed by atoms with Gasteiger partial charge in [-0.1, -0.05) is 18.2 Å². The van der Waals surface area contributed by atoms with Crippen LogP contribution >= 0.6 is 11.3 Å². The standard InChI is InChI=1S/C17H14F3N3O5S/c1-22-15(25)21-13(9-4-2-5-10(8-9)23(27)28)12(16(22,26)17(18,19)20)14(24)11-6-3-7-29-11/h2-8,12-13,26H,1H3,(H,21,25)/t12-,13+,16+/m1/s1. The smallest absolute Gasteiger partial charge is 0.363 e. The first-order valence-electron chi connectivity index (χ1n) is 8.14. The van der Waals surface area contributed by atoms with Crippen LogP contribution in [0.2, 0.25) is 0 Å². The predicted molar refractivity (Wildman–Crippen MR) is 95.3 cm³/mol. The van der Waals surface area contributed by atoms with Crippen molar-refractivity contribution < 1.29 is 32.8 Å². The monoisotopic (exact) mass is 429 g/mol. The number of thiophene rings is 1. The molecule has 8 nitrogen and oxygen atoms in total. The molecule has 29 heavy (non-hydrogen) atoms. The fraction of sp³-hybridized carbons (Fsp3) is 0.294. The third kappa shape index (κ3) is 3.34. The van der Waals surface area contributed by atoms with Crippen molar-refractivity contribution in [1.29, 1.82) is 0 Å². The van der Waals surface area contributed by atoms with Crippen LogP contribution in [0.25, 0.3) is 0 Å². The SMILES string of the molecule is CN1C(=O)N[C@@H](c2cccc([N+](=O)[O-])c2)[C@H](C(=O)c2cccs2)[C@]1(O)C(F)(F)F. The zero-order chi connectivity index (χ0) is 21.6. The number of non-ortho nitro benzene ring substituents is 1. The maximum absolute atomic E-state index is 14.0. The molecule has 154 valence electrons. The van der Waals surface area contributed by atoms with E-state index in [-0.39, 0.29) is 15.3 Å². The summed E-state index contributed by atoms with van der Waals surface area (Å²) >= 11 is 0.876. The molecule has 3 rings (SSSR count). The van der Waals surface area contributed by atoms with Gasteiger partial charge in [0, 0.05) is 19.2 Å². The van der Waals surface area contributed by atoms with Gasteiger partial charge in [0.1, 0.15) is 5.92 Å². The molecule has 0 saturated carbocycles. The first kappa shape index (κ1) is 20.7. The number of rotatable bonds is 4. The molecule has 2 N–H and O–H groups in total. The Morgan fingerprint density at radius 3 is 2.59 bits per heavy atom. The van der Waals surface area contributed by atoms with Gasteiger partial charge in [0.25, 0.3) is 11.4 Å². The van der Waals surface area contributed by atoms with E-state index in [9.17, 15) is 38.0 Å². The van der Waals surface area contributed by atoms with E-state index in [1.54, 1.807) is 0 Å². The van der Waals surface area contributed by atoms with E-state index in [1.807, 2.05) is 0 Å². The molecule has 2 heterocycles. The number of nitro benzene ring substituents is 1. The molecule has 1 aromatic carbocycles. The minimum Gasteiger partial charge on any atom is -0.363 e. The van der Waals surface area contributed by atoms with Crippen molar-refractivity contribution in [2.24, 2.45) is 5.92 Å². The van der Waals surface area contributed by atoms with Gasteiger partial charge in [0.2, 0.25) is 0 Å². The molecule has 12 heteroatoms. The highest BCUT2D eigenvalue weighted by atomic mass is 32.1. The third-order valence-corrected chi connectivity index (χ3v) is 5.65. The molecule has 0 spiro atoms. The maximum Gasteiger partial charge on any atom is 0.437 e. The van der Waals surface area contributed by atoms with Gasteiger partial charge in [-0.25, -0.2) is 4.79 Å². The van der Waals surface area contributed by atoms with Crippen LogP contribution in [0.5, 0.6) is 0 Å². The lowest BCUT2D eigenvalue weighted by atomic mass is 9.78. The van der Waals surface area contributed by atoms with E-state index in [4.69, 9.17) is 0 Å². The number of urea groups is 1. The fourth-order valence-electron chi connectivity index (χ4n) is 3.29. The van der Waals surface area contributed by atoms with Crippen LogP contribution in [-0.4, -0.2) is 45.7 Å². The van der Waals surface area contributed by atoms with Crippen LogP contribution < -0.4 is 5.32 Å². The number of ketones is 1. The Labute approximate surface area is 165 Å². The first-order valence-corrected chi connectivity index (χ1v) is 9.02. The van der Waals surface area contributed by atoms with Gasteiger partial charge in [-0.3, -0.25) is 19.8 Å². The van der Waals surface area contributed by atoms with E-state index in [0.29, 0.717) is 0 Å². The maximum atomic E-state index is 14.0. The topological polar surface area (TPSA) is 113 Å². The van der Waals surface area contributed by atoms with E-state index in [0.717, 1.165) is 30.5 Å². The number of benzene rings is 1. The van der Waals surface area contributed by atoms with Crippen LogP contribution in [0.15, 0.2) is 41.8 Å². The summed E-state index contributed by atoms with van der Waals surface area (Å²) in [4.78, 5) is 35.5. The molecule has 0 aliphatic carbocycles. The van der Waals surface area contributed by atoms with Crippen molar-refractivity contribution in [3.63, 3.8) is 0 Å². The summed E-state index contributed by atoms with van der Waals surface area (Å²) < 4.78 is 41.9. The Morgan fingerprint density at radius 1 is 1.34 bits per heavy atom. The summed E-state index contributed by atoms with van der Waals surface area (Å²) in [7, 11) is 0.723. The second kappa shape index (κ2) is 7.12. The minimum atomic E-state index is -5.38. The number of halogens is 3. The molecule has 2 aromatic rings. The van der Waals surface area contributed by atoms with Gasteiger partial charge >= 0.3 is 12.2 Å². The normalized spacial score (nSPS) is 24.9. The number of carbonyl (C=O) groups excluding carboxylic acids is 2.